The van der Waals surface area contributed by atoms with Crippen LogP contribution in [0.15, 0.2) is 36.5 Å². The van der Waals surface area contributed by atoms with Gasteiger partial charge in [0.05, 0.1) is 18.3 Å². The van der Waals surface area contributed by atoms with Crippen LogP contribution >= 0.6 is 11.6 Å². The molecule has 1 heterocycles. The third-order valence-corrected chi connectivity index (χ3v) is 3.13. The first-order valence-corrected chi connectivity index (χ1v) is 6.97. The van der Waals surface area contributed by atoms with Gasteiger partial charge in [0.15, 0.2) is 0 Å². The van der Waals surface area contributed by atoms with Gasteiger partial charge in [-0.2, -0.15) is 0 Å². The number of ether oxygens (including phenoxy) is 1. The lowest BCUT2D eigenvalue weighted by Gasteiger charge is -2.06. The maximum absolute atomic E-state index is 5.70. The van der Waals surface area contributed by atoms with Crippen molar-refractivity contribution in [2.45, 2.75) is 25.7 Å². The minimum atomic E-state index is 0.752. The van der Waals surface area contributed by atoms with Gasteiger partial charge < -0.3 is 4.74 Å². The zero-order valence-electron chi connectivity index (χ0n) is 10.4. The smallest absolute Gasteiger partial charge is 0.138 e. The van der Waals surface area contributed by atoms with E-state index in [1.54, 1.807) is 6.20 Å². The quantitative estimate of drug-likeness (QED) is 0.545. The molecule has 0 bridgehead atoms. The lowest BCUT2D eigenvalue weighted by Crippen LogP contribution is -1.97. The summed E-state index contributed by atoms with van der Waals surface area (Å²) < 4.78 is 5.70. The first-order chi connectivity index (χ1) is 8.90. The maximum atomic E-state index is 5.70. The minimum Gasteiger partial charge on any atom is -0.492 e. The molecule has 0 atom stereocenters. The second kappa shape index (κ2) is 7.22. The van der Waals surface area contributed by atoms with Gasteiger partial charge in [0.25, 0.3) is 0 Å². The van der Waals surface area contributed by atoms with E-state index in [4.69, 9.17) is 16.3 Å². The van der Waals surface area contributed by atoms with Crippen LogP contribution in [0.5, 0.6) is 5.75 Å². The molecule has 0 radical (unpaired) electrons. The first-order valence-electron chi connectivity index (χ1n) is 6.44. The number of para-hydroxylation sites is 1. The third-order valence-electron chi connectivity index (χ3n) is 2.86. The SMILES string of the molecule is ClCCCCCCOc1cnc2ccccc2c1. The van der Waals surface area contributed by atoms with Crippen molar-refractivity contribution in [1.29, 1.82) is 0 Å². The molecule has 0 aliphatic heterocycles. The van der Waals surface area contributed by atoms with Gasteiger partial charge in [-0.1, -0.05) is 31.0 Å². The van der Waals surface area contributed by atoms with Gasteiger partial charge >= 0.3 is 0 Å². The molecule has 0 spiro atoms. The Morgan fingerprint density at radius 1 is 1.06 bits per heavy atom. The van der Waals surface area contributed by atoms with Crippen LogP contribution in [-0.2, 0) is 0 Å². The molecule has 0 fully saturated rings. The van der Waals surface area contributed by atoms with Gasteiger partial charge in [-0.15, -0.1) is 11.6 Å². The lowest BCUT2D eigenvalue weighted by molar-refractivity contribution is 0.304. The highest BCUT2D eigenvalue weighted by molar-refractivity contribution is 6.17. The zero-order chi connectivity index (χ0) is 12.6. The van der Waals surface area contributed by atoms with Crippen molar-refractivity contribution >= 4 is 22.5 Å². The van der Waals surface area contributed by atoms with E-state index < -0.39 is 0 Å². The van der Waals surface area contributed by atoms with Crippen molar-refractivity contribution in [3.8, 4) is 5.75 Å². The van der Waals surface area contributed by atoms with Gasteiger partial charge in [0, 0.05) is 11.3 Å². The zero-order valence-corrected chi connectivity index (χ0v) is 11.2. The number of unbranched alkanes of at least 4 members (excludes halogenated alkanes) is 3. The van der Waals surface area contributed by atoms with Crippen LogP contribution in [0.4, 0.5) is 0 Å². The summed E-state index contributed by atoms with van der Waals surface area (Å²) in [6.45, 7) is 0.752. The Balaban J connectivity index is 1.81. The number of benzene rings is 1. The Morgan fingerprint density at radius 3 is 2.78 bits per heavy atom. The predicted molar refractivity (Wildman–Crippen MR) is 76.4 cm³/mol. The van der Waals surface area contributed by atoms with E-state index in [1.807, 2.05) is 24.3 Å². The molecule has 0 saturated heterocycles. The summed E-state index contributed by atoms with van der Waals surface area (Å²) in [5.74, 6) is 1.61. The van der Waals surface area contributed by atoms with Crippen LogP contribution in [0.3, 0.4) is 0 Å². The molecule has 96 valence electrons. The van der Waals surface area contributed by atoms with Crippen LogP contribution in [0, 0.1) is 0 Å². The van der Waals surface area contributed by atoms with Crippen LogP contribution in [0.25, 0.3) is 10.9 Å². The molecule has 18 heavy (non-hydrogen) atoms. The topological polar surface area (TPSA) is 22.1 Å². The number of rotatable bonds is 7. The average molecular weight is 264 g/mol. The maximum Gasteiger partial charge on any atom is 0.138 e. The summed E-state index contributed by atoms with van der Waals surface area (Å²) in [5.41, 5.74) is 1.01. The lowest BCUT2D eigenvalue weighted by atomic mass is 10.2. The molecular weight excluding hydrogens is 246 g/mol. The number of alkyl halides is 1. The normalized spacial score (nSPS) is 10.7. The summed E-state index contributed by atoms with van der Waals surface area (Å²) in [5, 5.41) is 1.12. The Morgan fingerprint density at radius 2 is 1.89 bits per heavy atom. The van der Waals surface area contributed by atoms with Gasteiger partial charge in [-0.25, -0.2) is 0 Å². The van der Waals surface area contributed by atoms with E-state index in [1.165, 1.54) is 12.8 Å². The number of hydrogen-bond donors (Lipinski definition) is 0. The standard InChI is InChI=1S/C15H18ClNO/c16-9-5-1-2-6-10-18-14-11-13-7-3-4-8-15(13)17-12-14/h3-4,7-8,11-12H,1-2,5-6,9-10H2. The Bertz CT molecular complexity index is 487. The van der Waals surface area contributed by atoms with Crippen molar-refractivity contribution in [2.24, 2.45) is 0 Å². The molecule has 0 saturated carbocycles. The van der Waals surface area contributed by atoms with E-state index in [0.717, 1.165) is 42.0 Å². The number of hydrogen-bond acceptors (Lipinski definition) is 2. The largest absolute Gasteiger partial charge is 0.492 e. The molecule has 2 aromatic rings. The van der Waals surface area contributed by atoms with E-state index >= 15 is 0 Å². The van der Waals surface area contributed by atoms with Gasteiger partial charge in [-0.05, 0) is 25.0 Å². The summed E-state index contributed by atoms with van der Waals surface area (Å²) >= 11 is 5.63. The molecule has 3 heteroatoms. The highest BCUT2D eigenvalue weighted by atomic mass is 35.5. The van der Waals surface area contributed by atoms with Crippen LogP contribution < -0.4 is 4.74 Å². The first kappa shape index (κ1) is 13.2. The second-order valence-corrected chi connectivity index (χ2v) is 4.69. The fourth-order valence-corrected chi connectivity index (χ4v) is 2.06. The molecule has 0 N–H and O–H groups in total. The number of halogens is 1. The fraction of sp³-hybridized carbons (Fsp3) is 0.400. The summed E-state index contributed by atoms with van der Waals surface area (Å²) in [6.07, 6.45) is 6.32. The van der Waals surface area contributed by atoms with Gasteiger partial charge in [0.1, 0.15) is 5.75 Å². The number of aromatic nitrogens is 1. The van der Waals surface area contributed by atoms with Crippen LogP contribution in [0.1, 0.15) is 25.7 Å². The molecular formula is C15H18ClNO. The summed E-state index contributed by atoms with van der Waals surface area (Å²) in [4.78, 5) is 4.37. The molecule has 0 unspecified atom stereocenters. The van der Waals surface area contributed by atoms with Gasteiger partial charge in [-0.3, -0.25) is 4.98 Å². The number of pyridine rings is 1. The van der Waals surface area contributed by atoms with Crippen molar-refractivity contribution < 1.29 is 4.74 Å². The Kier molecular flexibility index (Phi) is 5.28. The molecule has 0 aliphatic rings. The van der Waals surface area contributed by atoms with E-state index in [0.29, 0.717) is 0 Å². The van der Waals surface area contributed by atoms with Gasteiger partial charge in [0.2, 0.25) is 0 Å². The molecule has 2 nitrogen and oxygen atoms in total. The van der Waals surface area contributed by atoms with E-state index in [-0.39, 0.29) is 0 Å². The second-order valence-electron chi connectivity index (χ2n) is 4.32. The summed E-state index contributed by atoms with van der Waals surface area (Å²) in [7, 11) is 0. The highest BCUT2D eigenvalue weighted by Crippen LogP contribution is 2.18. The minimum absolute atomic E-state index is 0.752. The third kappa shape index (κ3) is 3.88. The molecule has 1 aromatic heterocycles. The number of fused-ring (bicyclic) bond motifs is 1. The predicted octanol–water partition coefficient (Wildman–Crippen LogP) is 4.41. The molecule has 2 rings (SSSR count). The van der Waals surface area contributed by atoms with Crippen molar-refractivity contribution in [3.63, 3.8) is 0 Å². The van der Waals surface area contributed by atoms with Crippen molar-refractivity contribution in [2.75, 3.05) is 12.5 Å². The average Bonchev–Trinajstić information content (AvgIpc) is 2.42. The Hall–Kier alpha value is -1.28. The number of nitrogens with zero attached hydrogens (tertiary/aromatic N) is 1. The van der Waals surface area contributed by atoms with E-state index in [2.05, 4.69) is 11.1 Å². The van der Waals surface area contributed by atoms with Crippen LogP contribution in [-0.4, -0.2) is 17.5 Å². The molecule has 1 aromatic carbocycles. The fourth-order valence-electron chi connectivity index (χ4n) is 1.87. The van der Waals surface area contributed by atoms with E-state index in [9.17, 15) is 0 Å². The summed E-state index contributed by atoms with van der Waals surface area (Å²) in [6, 6.07) is 10.1. The molecule has 0 aliphatic carbocycles. The van der Waals surface area contributed by atoms with Crippen molar-refractivity contribution in [3.05, 3.63) is 36.5 Å². The van der Waals surface area contributed by atoms with Crippen molar-refractivity contribution in [1.82, 2.24) is 4.98 Å². The van der Waals surface area contributed by atoms with Crippen LogP contribution in [0.2, 0.25) is 0 Å². The molecule has 0 amide bonds. The monoisotopic (exact) mass is 263 g/mol. The Labute approximate surface area is 113 Å². The highest BCUT2D eigenvalue weighted by Gasteiger charge is 1.98.